The van der Waals surface area contributed by atoms with Crippen LogP contribution in [-0.2, 0) is 19.9 Å². The highest BCUT2D eigenvalue weighted by atomic mass is 79.9. The van der Waals surface area contributed by atoms with Gasteiger partial charge in [0, 0.05) is 7.05 Å². The minimum atomic E-state index is 0.673. The van der Waals surface area contributed by atoms with E-state index in [2.05, 4.69) is 47.1 Å². The van der Waals surface area contributed by atoms with Crippen molar-refractivity contribution in [3.05, 3.63) is 15.9 Å². The minimum absolute atomic E-state index is 0.673. The molecule has 0 aliphatic rings. The third-order valence-electron chi connectivity index (χ3n) is 3.28. The molecule has 0 spiro atoms. The lowest BCUT2D eigenvalue weighted by atomic mass is 9.92. The van der Waals surface area contributed by atoms with Crippen molar-refractivity contribution in [3.8, 4) is 0 Å². The van der Waals surface area contributed by atoms with Crippen molar-refractivity contribution in [2.75, 3.05) is 13.6 Å². The normalized spacial score (nSPS) is 13.3. The van der Waals surface area contributed by atoms with Crippen molar-refractivity contribution in [3.63, 3.8) is 0 Å². The lowest BCUT2D eigenvalue weighted by molar-refractivity contribution is 0.387. The van der Waals surface area contributed by atoms with Crippen LogP contribution in [0.2, 0.25) is 0 Å². The molecule has 1 aromatic rings. The maximum atomic E-state index is 4.57. The van der Waals surface area contributed by atoms with Crippen LogP contribution in [0.4, 0.5) is 0 Å². The van der Waals surface area contributed by atoms with Gasteiger partial charge >= 0.3 is 0 Å². The Labute approximate surface area is 119 Å². The highest BCUT2D eigenvalue weighted by molar-refractivity contribution is 9.10. The molecule has 1 unspecified atom stereocenters. The molecule has 0 aliphatic heterocycles. The Balaban J connectivity index is 2.82. The number of hydrogen-bond donors (Lipinski definition) is 1. The summed E-state index contributed by atoms with van der Waals surface area (Å²) in [4.78, 5) is 0. The van der Waals surface area contributed by atoms with Gasteiger partial charge in [0.1, 0.15) is 0 Å². The molecule has 0 fully saturated rings. The monoisotopic (exact) mass is 315 g/mol. The fourth-order valence-corrected chi connectivity index (χ4v) is 3.29. The maximum absolute atomic E-state index is 4.57. The Hall–Kier alpha value is -0.350. The number of nitrogens with zero attached hydrogens (tertiary/aromatic N) is 2. The zero-order valence-corrected chi connectivity index (χ0v) is 13.8. The number of halogens is 1. The second-order valence-electron chi connectivity index (χ2n) is 5.44. The molecule has 3 nitrogen and oxygen atoms in total. The smallest absolute Gasteiger partial charge is 0.0766 e. The van der Waals surface area contributed by atoms with Crippen molar-refractivity contribution in [2.24, 2.45) is 18.9 Å². The van der Waals surface area contributed by atoms with Crippen LogP contribution in [0.3, 0.4) is 0 Å². The van der Waals surface area contributed by atoms with Crippen LogP contribution in [0.15, 0.2) is 4.47 Å². The second kappa shape index (κ2) is 7.29. The highest BCUT2D eigenvalue weighted by Crippen LogP contribution is 2.26. The van der Waals surface area contributed by atoms with Gasteiger partial charge in [-0.1, -0.05) is 20.8 Å². The molecule has 0 aliphatic carbocycles. The predicted molar refractivity (Wildman–Crippen MR) is 80.9 cm³/mol. The first-order valence-electron chi connectivity index (χ1n) is 6.84. The van der Waals surface area contributed by atoms with Gasteiger partial charge in [-0.05, 0) is 60.6 Å². The highest BCUT2D eigenvalue weighted by Gasteiger charge is 2.18. The first-order chi connectivity index (χ1) is 8.49. The van der Waals surface area contributed by atoms with E-state index in [-0.39, 0.29) is 0 Å². The fraction of sp³-hybridized carbons (Fsp3) is 0.786. The standard InChI is InChI=1S/C14H26BrN3/c1-6-12-14(15)13(18(5)17-12)8-11(9-16-4)7-10(2)3/h10-11,16H,6-9H2,1-5H3. The van der Waals surface area contributed by atoms with Crippen LogP contribution in [-0.4, -0.2) is 23.4 Å². The molecular formula is C14H26BrN3. The van der Waals surface area contributed by atoms with E-state index in [1.54, 1.807) is 0 Å². The summed E-state index contributed by atoms with van der Waals surface area (Å²) in [6.45, 7) is 7.80. The Bertz CT molecular complexity index is 371. The van der Waals surface area contributed by atoms with Crippen molar-refractivity contribution >= 4 is 15.9 Å². The van der Waals surface area contributed by atoms with Gasteiger partial charge in [-0.15, -0.1) is 0 Å². The lowest BCUT2D eigenvalue weighted by Gasteiger charge is -2.19. The van der Waals surface area contributed by atoms with E-state index < -0.39 is 0 Å². The van der Waals surface area contributed by atoms with Crippen molar-refractivity contribution in [2.45, 2.75) is 40.0 Å². The van der Waals surface area contributed by atoms with Gasteiger partial charge in [-0.3, -0.25) is 4.68 Å². The molecule has 0 bridgehead atoms. The molecule has 0 aromatic carbocycles. The van der Waals surface area contributed by atoms with E-state index in [9.17, 15) is 0 Å². The van der Waals surface area contributed by atoms with Gasteiger partial charge in [-0.2, -0.15) is 5.10 Å². The van der Waals surface area contributed by atoms with Crippen LogP contribution in [0.5, 0.6) is 0 Å². The molecule has 0 saturated heterocycles. The quantitative estimate of drug-likeness (QED) is 0.837. The minimum Gasteiger partial charge on any atom is -0.319 e. The van der Waals surface area contributed by atoms with E-state index in [1.165, 1.54) is 22.3 Å². The summed E-state index contributed by atoms with van der Waals surface area (Å²) < 4.78 is 3.24. The van der Waals surface area contributed by atoms with E-state index in [1.807, 2.05) is 18.8 Å². The Morgan fingerprint density at radius 1 is 1.39 bits per heavy atom. The molecule has 1 aromatic heterocycles. The molecule has 1 atom stereocenters. The summed E-state index contributed by atoms with van der Waals surface area (Å²) in [5.41, 5.74) is 2.49. The molecule has 4 heteroatoms. The fourth-order valence-electron chi connectivity index (χ4n) is 2.51. The second-order valence-corrected chi connectivity index (χ2v) is 6.23. The van der Waals surface area contributed by atoms with Crippen LogP contribution < -0.4 is 5.32 Å². The summed E-state index contributed by atoms with van der Waals surface area (Å²) >= 11 is 3.70. The summed E-state index contributed by atoms with van der Waals surface area (Å²) in [5.74, 6) is 1.41. The average molecular weight is 316 g/mol. The Morgan fingerprint density at radius 3 is 2.50 bits per heavy atom. The molecule has 0 amide bonds. The van der Waals surface area contributed by atoms with Gasteiger partial charge in [-0.25, -0.2) is 0 Å². The third kappa shape index (κ3) is 4.09. The van der Waals surface area contributed by atoms with Crippen molar-refractivity contribution < 1.29 is 0 Å². The van der Waals surface area contributed by atoms with Crippen LogP contribution in [0.1, 0.15) is 38.6 Å². The van der Waals surface area contributed by atoms with E-state index in [4.69, 9.17) is 0 Å². The SMILES string of the molecule is CCc1nn(C)c(CC(CNC)CC(C)C)c1Br. The number of hydrogen-bond acceptors (Lipinski definition) is 2. The zero-order valence-electron chi connectivity index (χ0n) is 12.3. The number of aromatic nitrogens is 2. The van der Waals surface area contributed by atoms with E-state index in [0.717, 1.165) is 25.3 Å². The maximum Gasteiger partial charge on any atom is 0.0766 e. The molecule has 18 heavy (non-hydrogen) atoms. The predicted octanol–water partition coefficient (Wildman–Crippen LogP) is 3.17. The molecule has 0 radical (unpaired) electrons. The molecule has 1 N–H and O–H groups in total. The van der Waals surface area contributed by atoms with Gasteiger partial charge in [0.05, 0.1) is 15.9 Å². The Morgan fingerprint density at radius 2 is 2.06 bits per heavy atom. The molecule has 104 valence electrons. The van der Waals surface area contributed by atoms with Crippen LogP contribution in [0.25, 0.3) is 0 Å². The largest absolute Gasteiger partial charge is 0.319 e. The van der Waals surface area contributed by atoms with Crippen LogP contribution >= 0.6 is 15.9 Å². The topological polar surface area (TPSA) is 29.9 Å². The van der Waals surface area contributed by atoms with Gasteiger partial charge in [0.2, 0.25) is 0 Å². The lowest BCUT2D eigenvalue weighted by Crippen LogP contribution is -2.23. The summed E-state index contributed by atoms with van der Waals surface area (Å²) in [6.07, 6.45) is 3.32. The van der Waals surface area contributed by atoms with E-state index in [0.29, 0.717) is 5.92 Å². The van der Waals surface area contributed by atoms with Crippen LogP contribution in [0, 0.1) is 11.8 Å². The summed E-state index contributed by atoms with van der Waals surface area (Å²) in [6, 6.07) is 0. The summed E-state index contributed by atoms with van der Waals surface area (Å²) in [5, 5.41) is 7.88. The van der Waals surface area contributed by atoms with Gasteiger partial charge in [0.15, 0.2) is 0 Å². The third-order valence-corrected chi connectivity index (χ3v) is 4.20. The molecule has 1 rings (SSSR count). The van der Waals surface area contributed by atoms with E-state index >= 15 is 0 Å². The number of aryl methyl sites for hydroxylation is 2. The molecular weight excluding hydrogens is 290 g/mol. The Kier molecular flexibility index (Phi) is 6.36. The first-order valence-corrected chi connectivity index (χ1v) is 7.63. The average Bonchev–Trinajstić information content (AvgIpc) is 2.56. The number of nitrogens with one attached hydrogen (secondary N) is 1. The van der Waals surface area contributed by atoms with Gasteiger partial charge in [0.25, 0.3) is 0 Å². The molecule has 1 heterocycles. The summed E-state index contributed by atoms with van der Waals surface area (Å²) in [7, 11) is 4.08. The number of rotatable bonds is 7. The first kappa shape index (κ1) is 15.7. The zero-order chi connectivity index (χ0) is 13.7. The van der Waals surface area contributed by atoms with Crippen molar-refractivity contribution in [1.29, 1.82) is 0 Å². The van der Waals surface area contributed by atoms with Gasteiger partial charge < -0.3 is 5.32 Å². The van der Waals surface area contributed by atoms with Crippen molar-refractivity contribution in [1.82, 2.24) is 15.1 Å². The molecule has 0 saturated carbocycles.